The van der Waals surface area contributed by atoms with Gasteiger partial charge in [0.15, 0.2) is 0 Å². The van der Waals surface area contributed by atoms with Gasteiger partial charge in [-0.05, 0) is 66.7 Å². The van der Waals surface area contributed by atoms with E-state index in [0.29, 0.717) is 46.4 Å². The van der Waals surface area contributed by atoms with Crippen molar-refractivity contribution in [3.05, 3.63) is 34.4 Å². The molecule has 2 heterocycles. The highest BCUT2D eigenvalue weighted by Crippen LogP contribution is 2.32. The molecule has 3 rings (SSSR count). The molecule has 1 aromatic carbocycles. The normalized spacial score (nSPS) is 15.1. The Morgan fingerprint density at radius 3 is 2.57 bits per heavy atom. The van der Waals surface area contributed by atoms with Crippen LogP contribution in [0.5, 0.6) is 11.6 Å². The Morgan fingerprint density at radius 2 is 1.97 bits per heavy atom. The molecule has 1 aromatic heterocycles. The van der Waals surface area contributed by atoms with Crippen LogP contribution in [-0.2, 0) is 0 Å². The summed E-state index contributed by atoms with van der Waals surface area (Å²) in [6, 6.07) is 5.24. The van der Waals surface area contributed by atoms with Gasteiger partial charge in [-0.25, -0.2) is 4.98 Å². The number of amides is 1. The van der Waals surface area contributed by atoms with Crippen LogP contribution in [-0.4, -0.2) is 58.8 Å². The highest BCUT2D eigenvalue weighted by molar-refractivity contribution is 9.10. The second-order valence-electron chi connectivity index (χ2n) is 7.81. The molecule has 2 N–H and O–H groups in total. The fourth-order valence-electron chi connectivity index (χ4n) is 3.57. The SMILES string of the molecule is COc1cc(C(=O)N2CCC(C(C)(C)O)CC2)ccc1Nc1ncc(Br)c(OC)n1. The number of hydrogen-bond acceptors (Lipinski definition) is 7. The molecule has 30 heavy (non-hydrogen) atoms. The van der Waals surface area contributed by atoms with Crippen LogP contribution in [0.15, 0.2) is 28.9 Å². The van der Waals surface area contributed by atoms with Crippen molar-refractivity contribution in [2.24, 2.45) is 5.92 Å². The molecule has 0 spiro atoms. The van der Waals surface area contributed by atoms with Crippen LogP contribution < -0.4 is 14.8 Å². The molecule has 0 saturated carbocycles. The van der Waals surface area contributed by atoms with Crippen molar-refractivity contribution in [3.8, 4) is 11.6 Å². The average molecular weight is 479 g/mol. The number of hydrogen-bond donors (Lipinski definition) is 2. The van der Waals surface area contributed by atoms with E-state index in [-0.39, 0.29) is 11.8 Å². The quantitative estimate of drug-likeness (QED) is 0.653. The van der Waals surface area contributed by atoms with E-state index in [9.17, 15) is 9.90 Å². The van der Waals surface area contributed by atoms with E-state index in [1.807, 2.05) is 18.7 Å². The molecule has 0 atom stereocenters. The topological polar surface area (TPSA) is 96.8 Å². The number of anilines is 2. The van der Waals surface area contributed by atoms with Gasteiger partial charge in [0.25, 0.3) is 5.91 Å². The van der Waals surface area contributed by atoms with Crippen LogP contribution in [0.2, 0.25) is 0 Å². The fourth-order valence-corrected chi connectivity index (χ4v) is 3.93. The smallest absolute Gasteiger partial charge is 0.253 e. The third-order valence-corrected chi connectivity index (χ3v) is 5.93. The van der Waals surface area contributed by atoms with Crippen LogP contribution in [0.3, 0.4) is 0 Å². The van der Waals surface area contributed by atoms with Gasteiger partial charge in [0.2, 0.25) is 11.8 Å². The lowest BCUT2D eigenvalue weighted by Gasteiger charge is -2.37. The van der Waals surface area contributed by atoms with Gasteiger partial charge in [0.1, 0.15) is 5.75 Å². The number of aromatic nitrogens is 2. The lowest BCUT2D eigenvalue weighted by Crippen LogP contribution is -2.44. The molecule has 1 aliphatic rings. The Hall–Kier alpha value is -2.39. The fraction of sp³-hybridized carbons (Fsp3) is 0.476. The first-order valence-electron chi connectivity index (χ1n) is 9.76. The third-order valence-electron chi connectivity index (χ3n) is 5.38. The van der Waals surface area contributed by atoms with Crippen LogP contribution in [0.25, 0.3) is 0 Å². The monoisotopic (exact) mass is 478 g/mol. The number of ether oxygens (including phenoxy) is 2. The zero-order valence-electron chi connectivity index (χ0n) is 17.6. The molecule has 9 heteroatoms. The molecule has 1 aliphatic heterocycles. The molecular formula is C21H27BrN4O4. The molecule has 1 amide bonds. The van der Waals surface area contributed by atoms with E-state index < -0.39 is 5.60 Å². The van der Waals surface area contributed by atoms with Gasteiger partial charge in [-0.15, -0.1) is 0 Å². The van der Waals surface area contributed by atoms with E-state index in [2.05, 4.69) is 31.2 Å². The van der Waals surface area contributed by atoms with Crippen molar-refractivity contribution in [2.75, 3.05) is 32.6 Å². The third kappa shape index (κ3) is 5.02. The predicted octanol–water partition coefficient (Wildman–Crippen LogP) is 3.62. The van der Waals surface area contributed by atoms with Crippen LogP contribution in [0.1, 0.15) is 37.0 Å². The molecule has 1 saturated heterocycles. The van der Waals surface area contributed by atoms with Gasteiger partial charge >= 0.3 is 0 Å². The van der Waals surface area contributed by atoms with Gasteiger partial charge in [0, 0.05) is 18.7 Å². The van der Waals surface area contributed by atoms with Gasteiger partial charge in [-0.2, -0.15) is 4.98 Å². The number of carbonyl (C=O) groups is 1. The summed E-state index contributed by atoms with van der Waals surface area (Å²) in [6.07, 6.45) is 3.17. The molecule has 8 nitrogen and oxygen atoms in total. The lowest BCUT2D eigenvalue weighted by molar-refractivity contribution is -0.0108. The standard InChI is InChI=1S/C21H27BrN4O4/c1-21(2,28)14-7-9-26(10-8-14)19(27)13-5-6-16(17(11-13)29-3)24-20-23-12-15(22)18(25-20)30-4/h5-6,11-12,14,28H,7-10H2,1-4H3,(H,23,24,25). The zero-order valence-corrected chi connectivity index (χ0v) is 19.2. The summed E-state index contributed by atoms with van der Waals surface area (Å²) in [5.74, 6) is 1.42. The van der Waals surface area contributed by atoms with Crippen molar-refractivity contribution in [3.63, 3.8) is 0 Å². The number of piperidine rings is 1. The van der Waals surface area contributed by atoms with Gasteiger partial charge in [-0.3, -0.25) is 4.79 Å². The Labute approximate surface area is 184 Å². The summed E-state index contributed by atoms with van der Waals surface area (Å²) in [4.78, 5) is 23.3. The summed E-state index contributed by atoms with van der Waals surface area (Å²) in [6.45, 7) is 4.91. The van der Waals surface area contributed by atoms with Crippen LogP contribution in [0, 0.1) is 5.92 Å². The van der Waals surface area contributed by atoms with Crippen molar-refractivity contribution in [1.29, 1.82) is 0 Å². The molecule has 2 aromatic rings. The van der Waals surface area contributed by atoms with Crippen molar-refractivity contribution in [1.82, 2.24) is 14.9 Å². The maximum absolute atomic E-state index is 13.0. The Kier molecular flexibility index (Phi) is 6.82. The first-order valence-corrected chi connectivity index (χ1v) is 10.6. The second-order valence-corrected chi connectivity index (χ2v) is 8.67. The maximum atomic E-state index is 13.0. The predicted molar refractivity (Wildman–Crippen MR) is 117 cm³/mol. The van der Waals surface area contributed by atoms with Crippen LogP contribution in [0.4, 0.5) is 11.6 Å². The first-order chi connectivity index (χ1) is 14.2. The molecule has 1 fully saturated rings. The number of rotatable bonds is 6. The van der Waals surface area contributed by atoms with E-state index in [1.165, 1.54) is 7.11 Å². The largest absolute Gasteiger partial charge is 0.495 e. The summed E-state index contributed by atoms with van der Waals surface area (Å²) in [5, 5.41) is 13.3. The van der Waals surface area contributed by atoms with Gasteiger partial charge in [-0.1, -0.05) is 0 Å². The minimum absolute atomic E-state index is 0.0457. The molecule has 0 bridgehead atoms. The molecule has 162 valence electrons. The van der Waals surface area contributed by atoms with Gasteiger partial charge < -0.3 is 24.8 Å². The number of nitrogens with one attached hydrogen (secondary N) is 1. The first kappa shape index (κ1) is 22.3. The molecular weight excluding hydrogens is 452 g/mol. The summed E-state index contributed by atoms with van der Waals surface area (Å²) in [5.41, 5.74) is 0.469. The number of aliphatic hydroxyl groups is 1. The number of nitrogens with zero attached hydrogens (tertiary/aromatic N) is 3. The van der Waals surface area contributed by atoms with Crippen molar-refractivity contribution in [2.45, 2.75) is 32.3 Å². The summed E-state index contributed by atoms with van der Waals surface area (Å²) < 4.78 is 11.3. The van der Waals surface area contributed by atoms with Crippen LogP contribution >= 0.6 is 15.9 Å². The number of carbonyl (C=O) groups excluding carboxylic acids is 1. The number of likely N-dealkylation sites (tertiary alicyclic amines) is 1. The lowest BCUT2D eigenvalue weighted by atomic mass is 9.83. The number of benzene rings is 1. The zero-order chi connectivity index (χ0) is 21.9. The van der Waals surface area contributed by atoms with E-state index in [4.69, 9.17) is 9.47 Å². The highest BCUT2D eigenvalue weighted by Gasteiger charge is 2.32. The second kappa shape index (κ2) is 9.18. The Balaban J connectivity index is 1.73. The van der Waals surface area contributed by atoms with Gasteiger partial charge in [0.05, 0.1) is 36.2 Å². The average Bonchev–Trinajstić information content (AvgIpc) is 2.74. The Bertz CT molecular complexity index is 908. The van der Waals surface area contributed by atoms with E-state index in [1.54, 1.807) is 31.5 Å². The summed E-state index contributed by atoms with van der Waals surface area (Å²) in [7, 11) is 3.08. The molecule has 0 radical (unpaired) electrons. The number of methoxy groups -OCH3 is 2. The molecule has 0 unspecified atom stereocenters. The van der Waals surface area contributed by atoms with E-state index in [0.717, 1.165) is 12.8 Å². The minimum atomic E-state index is -0.719. The summed E-state index contributed by atoms with van der Waals surface area (Å²) >= 11 is 3.32. The van der Waals surface area contributed by atoms with E-state index >= 15 is 0 Å². The van der Waals surface area contributed by atoms with Crippen molar-refractivity contribution < 1.29 is 19.4 Å². The highest BCUT2D eigenvalue weighted by atomic mass is 79.9. The van der Waals surface area contributed by atoms with Crippen molar-refractivity contribution >= 4 is 33.5 Å². The maximum Gasteiger partial charge on any atom is 0.253 e. The molecule has 0 aliphatic carbocycles. The minimum Gasteiger partial charge on any atom is -0.495 e. The Morgan fingerprint density at radius 1 is 1.27 bits per heavy atom. The number of halogens is 1.